The number of pyridine rings is 1. The summed E-state index contributed by atoms with van der Waals surface area (Å²) in [5.74, 6) is 6.04. The second-order valence-corrected chi connectivity index (χ2v) is 4.78. The minimum Gasteiger partial charge on any atom is -0.347 e. The summed E-state index contributed by atoms with van der Waals surface area (Å²) in [5, 5.41) is 2.81. The zero-order chi connectivity index (χ0) is 13.8. The molecule has 0 aliphatic heterocycles. The second-order valence-electron chi connectivity index (χ2n) is 3.86. The van der Waals surface area contributed by atoms with Crippen molar-refractivity contribution in [2.45, 2.75) is 13.0 Å². The quantitative estimate of drug-likeness (QED) is 0.501. The van der Waals surface area contributed by atoms with Crippen LogP contribution in [0.3, 0.4) is 0 Å². The van der Waals surface area contributed by atoms with Crippen LogP contribution >= 0.6 is 15.9 Å². The predicted octanol–water partition coefficient (Wildman–Crippen LogP) is 1.34. The number of amides is 1. The van der Waals surface area contributed by atoms with Gasteiger partial charge in [0, 0.05) is 23.1 Å². The molecule has 19 heavy (non-hydrogen) atoms. The van der Waals surface area contributed by atoms with E-state index in [-0.39, 0.29) is 11.9 Å². The van der Waals surface area contributed by atoms with Crippen LogP contribution in [0, 0.1) is 0 Å². The molecule has 0 fully saturated rings. The van der Waals surface area contributed by atoms with Gasteiger partial charge in [0.15, 0.2) is 5.82 Å². The van der Waals surface area contributed by atoms with Crippen molar-refractivity contribution in [1.29, 1.82) is 0 Å². The fourth-order valence-corrected chi connectivity index (χ4v) is 1.92. The summed E-state index contributed by atoms with van der Waals surface area (Å²) in [7, 11) is 0. The number of hydrogen-bond acceptors (Lipinski definition) is 5. The van der Waals surface area contributed by atoms with Crippen molar-refractivity contribution in [3.8, 4) is 0 Å². The first-order valence-corrected chi connectivity index (χ1v) is 6.33. The van der Waals surface area contributed by atoms with Gasteiger partial charge in [-0.2, -0.15) is 0 Å². The molecular weight excluding hydrogens is 312 g/mol. The highest BCUT2D eigenvalue weighted by atomic mass is 79.9. The Hall–Kier alpha value is -1.93. The van der Waals surface area contributed by atoms with Gasteiger partial charge in [-0.05, 0) is 28.9 Å². The summed E-state index contributed by atoms with van der Waals surface area (Å²) in [5.41, 5.74) is 2.75. The third kappa shape index (κ3) is 3.09. The van der Waals surface area contributed by atoms with Gasteiger partial charge in [-0.15, -0.1) is 0 Å². The summed E-state index contributed by atoms with van der Waals surface area (Å²) < 4.78 is 0.697. The highest BCUT2D eigenvalue weighted by Gasteiger charge is 2.17. The molecule has 0 spiro atoms. The standard InChI is InChI=1S/C11H13BrN6O/c1-6(9-14-2-3-15-9)17-11(19)8-4-7(12)5-16-10(8)18-13/h2-6H,13H2,1H3,(H,14,15)(H,16,18)(H,17,19). The Morgan fingerprint density at radius 1 is 1.53 bits per heavy atom. The Bertz CT molecular complexity index is 571. The van der Waals surface area contributed by atoms with Crippen LogP contribution in [-0.4, -0.2) is 20.9 Å². The van der Waals surface area contributed by atoms with E-state index < -0.39 is 0 Å². The number of aromatic nitrogens is 3. The number of carbonyl (C=O) groups is 1. The molecular formula is C11H13BrN6O. The number of nitrogens with two attached hydrogens (primary N) is 1. The third-order valence-corrected chi connectivity index (χ3v) is 2.95. The van der Waals surface area contributed by atoms with E-state index in [9.17, 15) is 4.79 Å². The number of halogens is 1. The van der Waals surface area contributed by atoms with E-state index in [1.807, 2.05) is 6.92 Å². The van der Waals surface area contributed by atoms with Crippen molar-refractivity contribution in [2.75, 3.05) is 5.43 Å². The molecule has 0 aliphatic rings. The summed E-state index contributed by atoms with van der Waals surface area (Å²) in [4.78, 5) is 23.2. The zero-order valence-corrected chi connectivity index (χ0v) is 11.7. The molecule has 1 atom stereocenters. The molecule has 0 aliphatic carbocycles. The first-order valence-electron chi connectivity index (χ1n) is 5.54. The Balaban J connectivity index is 2.18. The molecule has 2 aromatic rings. The average Bonchev–Trinajstić information content (AvgIpc) is 2.92. The van der Waals surface area contributed by atoms with Crippen LogP contribution < -0.4 is 16.6 Å². The molecule has 1 unspecified atom stereocenters. The minimum atomic E-state index is -0.286. The van der Waals surface area contributed by atoms with Crippen molar-refractivity contribution in [3.05, 3.63) is 40.5 Å². The molecule has 2 aromatic heterocycles. The van der Waals surface area contributed by atoms with E-state index >= 15 is 0 Å². The third-order valence-electron chi connectivity index (χ3n) is 2.51. The molecule has 8 heteroatoms. The monoisotopic (exact) mass is 324 g/mol. The minimum absolute atomic E-state index is 0.243. The van der Waals surface area contributed by atoms with Crippen molar-refractivity contribution in [1.82, 2.24) is 20.3 Å². The maximum Gasteiger partial charge on any atom is 0.255 e. The highest BCUT2D eigenvalue weighted by Crippen LogP contribution is 2.18. The largest absolute Gasteiger partial charge is 0.347 e. The summed E-state index contributed by atoms with van der Waals surface area (Å²) in [6.45, 7) is 1.83. The number of rotatable bonds is 4. The van der Waals surface area contributed by atoms with Crippen molar-refractivity contribution < 1.29 is 4.79 Å². The molecule has 0 saturated carbocycles. The van der Waals surface area contributed by atoms with Crippen LogP contribution in [0.4, 0.5) is 5.82 Å². The lowest BCUT2D eigenvalue weighted by Gasteiger charge is -2.13. The fraction of sp³-hybridized carbons (Fsp3) is 0.182. The molecule has 2 rings (SSSR count). The maximum atomic E-state index is 12.2. The first kappa shape index (κ1) is 13.5. The van der Waals surface area contributed by atoms with Crippen molar-refractivity contribution >= 4 is 27.7 Å². The number of imidazole rings is 1. The van der Waals surface area contributed by atoms with E-state index in [4.69, 9.17) is 5.84 Å². The lowest BCUT2D eigenvalue weighted by molar-refractivity contribution is 0.0939. The maximum absolute atomic E-state index is 12.2. The van der Waals surface area contributed by atoms with E-state index in [2.05, 4.69) is 41.6 Å². The number of nitrogens with one attached hydrogen (secondary N) is 3. The lowest BCUT2D eigenvalue weighted by atomic mass is 10.2. The fourth-order valence-electron chi connectivity index (χ4n) is 1.58. The van der Waals surface area contributed by atoms with E-state index in [1.165, 1.54) is 0 Å². The van der Waals surface area contributed by atoms with Gasteiger partial charge < -0.3 is 15.7 Å². The normalized spacial score (nSPS) is 11.9. The summed E-state index contributed by atoms with van der Waals surface area (Å²) >= 11 is 3.27. The van der Waals surface area contributed by atoms with Crippen LogP contribution in [0.5, 0.6) is 0 Å². The summed E-state index contributed by atoms with van der Waals surface area (Å²) in [6.07, 6.45) is 4.89. The number of hydrogen-bond donors (Lipinski definition) is 4. The van der Waals surface area contributed by atoms with Crippen LogP contribution in [0.2, 0.25) is 0 Å². The molecule has 0 radical (unpaired) electrons. The summed E-state index contributed by atoms with van der Waals surface area (Å²) in [6, 6.07) is 1.40. The molecule has 100 valence electrons. The van der Waals surface area contributed by atoms with Crippen LogP contribution in [0.25, 0.3) is 0 Å². The molecule has 0 bridgehead atoms. The van der Waals surface area contributed by atoms with Gasteiger partial charge in [0.1, 0.15) is 5.82 Å². The first-order chi connectivity index (χ1) is 9.11. The van der Waals surface area contributed by atoms with Gasteiger partial charge in [-0.1, -0.05) is 0 Å². The van der Waals surface area contributed by atoms with Gasteiger partial charge in [-0.25, -0.2) is 15.8 Å². The Morgan fingerprint density at radius 2 is 2.32 bits per heavy atom. The number of anilines is 1. The van der Waals surface area contributed by atoms with Gasteiger partial charge in [0.05, 0.1) is 11.6 Å². The van der Waals surface area contributed by atoms with E-state index in [0.29, 0.717) is 21.7 Å². The van der Waals surface area contributed by atoms with Gasteiger partial charge in [0.2, 0.25) is 0 Å². The number of H-pyrrole nitrogens is 1. The number of nitrogen functional groups attached to an aromatic ring is 1. The topological polar surface area (TPSA) is 109 Å². The molecule has 7 nitrogen and oxygen atoms in total. The zero-order valence-electron chi connectivity index (χ0n) is 10.1. The second kappa shape index (κ2) is 5.81. The van der Waals surface area contributed by atoms with Gasteiger partial charge in [0.25, 0.3) is 5.91 Å². The average molecular weight is 325 g/mol. The van der Waals surface area contributed by atoms with Gasteiger partial charge >= 0.3 is 0 Å². The molecule has 2 heterocycles. The van der Waals surface area contributed by atoms with E-state index in [1.54, 1.807) is 24.7 Å². The van der Waals surface area contributed by atoms with Crippen LogP contribution in [0.15, 0.2) is 29.1 Å². The highest BCUT2D eigenvalue weighted by molar-refractivity contribution is 9.10. The smallest absolute Gasteiger partial charge is 0.255 e. The lowest BCUT2D eigenvalue weighted by Crippen LogP contribution is -2.29. The van der Waals surface area contributed by atoms with Crippen molar-refractivity contribution in [3.63, 3.8) is 0 Å². The van der Waals surface area contributed by atoms with Crippen molar-refractivity contribution in [2.24, 2.45) is 5.84 Å². The molecule has 5 N–H and O–H groups in total. The van der Waals surface area contributed by atoms with E-state index in [0.717, 1.165) is 0 Å². The molecule has 0 saturated heterocycles. The Morgan fingerprint density at radius 3 is 2.95 bits per heavy atom. The number of carbonyl (C=O) groups excluding carboxylic acids is 1. The number of aromatic amines is 1. The van der Waals surface area contributed by atoms with Crippen LogP contribution in [0.1, 0.15) is 29.1 Å². The Labute approximate surface area is 118 Å². The number of nitrogens with zero attached hydrogens (tertiary/aromatic N) is 2. The van der Waals surface area contributed by atoms with Crippen LogP contribution in [-0.2, 0) is 0 Å². The SMILES string of the molecule is CC(NC(=O)c1cc(Br)cnc1NN)c1ncc[nH]1. The predicted molar refractivity (Wildman–Crippen MR) is 74.2 cm³/mol. The number of hydrazine groups is 1. The van der Waals surface area contributed by atoms with Gasteiger partial charge in [-0.3, -0.25) is 4.79 Å². The molecule has 1 amide bonds. The Kier molecular flexibility index (Phi) is 4.13. The molecule has 0 aromatic carbocycles.